The molecule has 1 aliphatic heterocycles. The van der Waals surface area contributed by atoms with Crippen molar-refractivity contribution in [3.8, 4) is 0 Å². The van der Waals surface area contributed by atoms with Crippen LogP contribution in [0.15, 0.2) is 0 Å². The lowest BCUT2D eigenvalue weighted by Crippen LogP contribution is -2.43. The Hall–Kier alpha value is -0.430. The summed E-state index contributed by atoms with van der Waals surface area (Å²) in [7, 11) is 0. The number of ether oxygens (including phenoxy) is 2. The van der Waals surface area contributed by atoms with Gasteiger partial charge in [-0.1, -0.05) is 6.92 Å². The van der Waals surface area contributed by atoms with Gasteiger partial charge in [0.1, 0.15) is 6.10 Å². The summed E-state index contributed by atoms with van der Waals surface area (Å²) in [6, 6.07) is 0. The second kappa shape index (κ2) is 5.77. The zero-order valence-electron chi connectivity index (χ0n) is 9.28. The van der Waals surface area contributed by atoms with Crippen LogP contribution in [-0.2, 0) is 9.47 Å². The molecule has 7 heteroatoms. The maximum absolute atomic E-state index is 12.5. The van der Waals surface area contributed by atoms with E-state index in [9.17, 15) is 22.0 Å². The van der Waals surface area contributed by atoms with Crippen molar-refractivity contribution in [1.29, 1.82) is 0 Å². The molecule has 0 saturated carbocycles. The lowest BCUT2D eigenvalue weighted by Gasteiger charge is -2.24. The molecule has 1 rings (SSSR count). The first-order valence-electron chi connectivity index (χ1n) is 4.80. The maximum Gasteiger partial charge on any atom is 0.443 e. The summed E-state index contributed by atoms with van der Waals surface area (Å²) in [5, 5.41) is 0. The van der Waals surface area contributed by atoms with Crippen LogP contribution in [0.25, 0.3) is 0 Å². The molecule has 0 aromatic carbocycles. The Balaban J connectivity index is 0.000000487. The monoisotopic (exact) mass is 250 g/mol. The third-order valence-electron chi connectivity index (χ3n) is 1.82. The minimum absolute atomic E-state index is 0.181. The first kappa shape index (κ1) is 15.6. The molecule has 16 heavy (non-hydrogen) atoms. The van der Waals surface area contributed by atoms with Gasteiger partial charge in [-0.3, -0.25) is 4.39 Å². The van der Waals surface area contributed by atoms with Crippen LogP contribution in [0.4, 0.5) is 22.0 Å². The van der Waals surface area contributed by atoms with E-state index in [0.717, 1.165) is 0 Å². The topological polar surface area (TPSA) is 18.5 Å². The Morgan fingerprint density at radius 3 is 1.81 bits per heavy atom. The van der Waals surface area contributed by atoms with Crippen LogP contribution in [0.3, 0.4) is 0 Å². The van der Waals surface area contributed by atoms with Crippen molar-refractivity contribution in [1.82, 2.24) is 0 Å². The van der Waals surface area contributed by atoms with E-state index in [0.29, 0.717) is 13.3 Å². The first-order chi connectivity index (χ1) is 7.18. The first-order valence-corrected chi connectivity index (χ1v) is 4.80. The van der Waals surface area contributed by atoms with Crippen molar-refractivity contribution in [2.45, 2.75) is 51.6 Å². The van der Waals surface area contributed by atoms with Gasteiger partial charge in [-0.25, -0.2) is 4.39 Å². The predicted molar refractivity (Wildman–Crippen MR) is 47.3 cm³/mol. The van der Waals surface area contributed by atoms with Crippen LogP contribution in [0, 0.1) is 0 Å². The molecule has 0 amide bonds. The maximum atomic E-state index is 12.5. The van der Waals surface area contributed by atoms with Gasteiger partial charge in [0.25, 0.3) is 5.79 Å². The second-order valence-corrected chi connectivity index (χ2v) is 3.42. The molecular formula is C9H15F5O2. The van der Waals surface area contributed by atoms with E-state index in [1.165, 1.54) is 6.92 Å². The summed E-state index contributed by atoms with van der Waals surface area (Å²) in [5.41, 5.74) is 0. The van der Waals surface area contributed by atoms with Crippen LogP contribution in [0.5, 0.6) is 0 Å². The molecule has 98 valence electrons. The van der Waals surface area contributed by atoms with Gasteiger partial charge in [0.15, 0.2) is 0 Å². The highest BCUT2D eigenvalue weighted by atomic mass is 19.4. The highest BCUT2D eigenvalue weighted by Crippen LogP contribution is 2.41. The fraction of sp³-hybridized carbons (Fsp3) is 1.00. The van der Waals surface area contributed by atoms with Crippen molar-refractivity contribution in [3.63, 3.8) is 0 Å². The van der Waals surface area contributed by atoms with Crippen molar-refractivity contribution in [2.24, 2.45) is 0 Å². The molecule has 1 aliphatic rings. The number of rotatable bonds is 1. The van der Waals surface area contributed by atoms with Gasteiger partial charge in [-0.2, -0.15) is 13.2 Å². The van der Waals surface area contributed by atoms with Gasteiger partial charge in [0, 0.05) is 0 Å². The fourth-order valence-electron chi connectivity index (χ4n) is 0.880. The molecule has 0 aliphatic carbocycles. The van der Waals surface area contributed by atoms with Crippen LogP contribution in [0.1, 0.15) is 27.2 Å². The molecule has 1 fully saturated rings. The number of hydrogen-bond acceptors (Lipinski definition) is 2. The minimum atomic E-state index is -4.71. The smallest absolute Gasteiger partial charge is 0.334 e. The lowest BCUT2D eigenvalue weighted by atomic mass is 10.3. The van der Waals surface area contributed by atoms with Gasteiger partial charge in [-0.15, -0.1) is 0 Å². The van der Waals surface area contributed by atoms with Crippen molar-refractivity contribution in [3.05, 3.63) is 0 Å². The van der Waals surface area contributed by atoms with E-state index in [2.05, 4.69) is 9.47 Å². The normalized spacial score (nSPS) is 34.5. The number of alkyl halides is 5. The SMILES string of the molecule is CC1OC(C)(C(F)(F)F)OC1F.CCCF. The summed E-state index contributed by atoms with van der Waals surface area (Å²) < 4.78 is 67.8. The van der Waals surface area contributed by atoms with E-state index < -0.39 is 24.4 Å². The molecule has 3 unspecified atom stereocenters. The molecule has 2 nitrogen and oxygen atoms in total. The van der Waals surface area contributed by atoms with E-state index in [-0.39, 0.29) is 6.67 Å². The lowest BCUT2D eigenvalue weighted by molar-refractivity contribution is -0.346. The molecule has 0 N–H and O–H groups in total. The zero-order chi connectivity index (χ0) is 13.0. The van der Waals surface area contributed by atoms with Gasteiger partial charge in [0.2, 0.25) is 6.36 Å². The summed E-state index contributed by atoms with van der Waals surface area (Å²) in [6.45, 7) is 3.46. The summed E-state index contributed by atoms with van der Waals surface area (Å²) in [4.78, 5) is 0. The Bertz CT molecular complexity index is 195. The fourth-order valence-corrected chi connectivity index (χ4v) is 0.880. The van der Waals surface area contributed by atoms with Crippen molar-refractivity contribution >= 4 is 0 Å². The summed E-state index contributed by atoms with van der Waals surface area (Å²) >= 11 is 0. The van der Waals surface area contributed by atoms with E-state index in [1.54, 1.807) is 6.92 Å². The Kier molecular flexibility index (Phi) is 5.61. The molecular weight excluding hydrogens is 235 g/mol. The molecule has 0 aromatic heterocycles. The molecule has 1 heterocycles. The molecule has 0 aromatic rings. The summed E-state index contributed by atoms with van der Waals surface area (Å²) in [5.74, 6) is -2.80. The van der Waals surface area contributed by atoms with Crippen molar-refractivity contribution < 1.29 is 31.4 Å². The van der Waals surface area contributed by atoms with Crippen LogP contribution >= 0.6 is 0 Å². The number of halogens is 5. The second-order valence-electron chi connectivity index (χ2n) is 3.42. The molecule has 3 atom stereocenters. The highest BCUT2D eigenvalue weighted by Gasteiger charge is 2.60. The molecule has 1 saturated heterocycles. The third-order valence-corrected chi connectivity index (χ3v) is 1.82. The molecule has 0 radical (unpaired) electrons. The Morgan fingerprint density at radius 2 is 1.69 bits per heavy atom. The van der Waals surface area contributed by atoms with Gasteiger partial charge < -0.3 is 9.47 Å². The van der Waals surface area contributed by atoms with E-state index in [4.69, 9.17) is 0 Å². The third kappa shape index (κ3) is 3.86. The molecule has 0 spiro atoms. The van der Waals surface area contributed by atoms with Crippen LogP contribution < -0.4 is 0 Å². The largest absolute Gasteiger partial charge is 0.443 e. The van der Waals surface area contributed by atoms with Crippen LogP contribution in [0.2, 0.25) is 0 Å². The average molecular weight is 250 g/mol. The van der Waals surface area contributed by atoms with Crippen LogP contribution in [-0.4, -0.2) is 31.1 Å². The molecule has 0 bridgehead atoms. The average Bonchev–Trinajstić information content (AvgIpc) is 2.41. The Labute approximate surface area is 90.7 Å². The standard InChI is InChI=1S/C6H8F4O2.C3H7F/c1-3-4(7)12-5(2,11-3)6(8,9)10;1-2-3-4/h3-4H,1-2H3;2-3H2,1H3. The van der Waals surface area contributed by atoms with Gasteiger partial charge in [-0.05, 0) is 20.3 Å². The highest BCUT2D eigenvalue weighted by molar-refractivity contribution is 4.81. The zero-order valence-corrected chi connectivity index (χ0v) is 9.28. The van der Waals surface area contributed by atoms with Gasteiger partial charge >= 0.3 is 6.18 Å². The van der Waals surface area contributed by atoms with Crippen molar-refractivity contribution in [2.75, 3.05) is 6.67 Å². The minimum Gasteiger partial charge on any atom is -0.334 e. The van der Waals surface area contributed by atoms with E-state index in [1.807, 2.05) is 0 Å². The quantitative estimate of drug-likeness (QED) is 0.664. The Morgan fingerprint density at radius 1 is 1.25 bits per heavy atom. The van der Waals surface area contributed by atoms with E-state index >= 15 is 0 Å². The summed E-state index contributed by atoms with van der Waals surface area (Å²) in [6.07, 6.45) is -7.25. The van der Waals surface area contributed by atoms with Gasteiger partial charge in [0.05, 0.1) is 6.67 Å². The predicted octanol–water partition coefficient (Wildman–Crippen LogP) is 3.36. The number of hydrogen-bond donors (Lipinski definition) is 0.